The molecule has 1 saturated carbocycles. The first kappa shape index (κ1) is 14.0. The van der Waals surface area contributed by atoms with Crippen LogP contribution in [0.5, 0.6) is 0 Å². The number of nitrogens with one attached hydrogen (secondary N) is 1. The van der Waals surface area contributed by atoms with E-state index in [4.69, 9.17) is 0 Å². The highest BCUT2D eigenvalue weighted by Gasteiger charge is 2.37. The Morgan fingerprint density at radius 3 is 2.89 bits per heavy atom. The molecule has 0 unspecified atom stereocenters. The van der Waals surface area contributed by atoms with Gasteiger partial charge in [0.15, 0.2) is 0 Å². The van der Waals surface area contributed by atoms with Gasteiger partial charge in [-0.1, -0.05) is 32.3 Å². The van der Waals surface area contributed by atoms with Crippen molar-refractivity contribution < 1.29 is 4.79 Å². The Hall–Kier alpha value is -0.440. The van der Waals surface area contributed by atoms with E-state index in [0.29, 0.717) is 5.41 Å². The van der Waals surface area contributed by atoms with E-state index in [1.54, 1.807) is 0 Å². The molecule has 18 heavy (non-hydrogen) atoms. The number of hydrogen-bond acceptors (Lipinski definition) is 2. The van der Waals surface area contributed by atoms with E-state index in [-0.39, 0.29) is 5.91 Å². The molecule has 3 heteroatoms. The average molecular weight is 267 g/mol. The zero-order valence-corrected chi connectivity index (χ0v) is 12.3. The summed E-state index contributed by atoms with van der Waals surface area (Å²) in [7, 11) is 0. The maximum absolute atomic E-state index is 12.0. The fraction of sp³-hybridized carbons (Fsp3) is 0.800. The number of amides is 1. The summed E-state index contributed by atoms with van der Waals surface area (Å²) < 4.78 is 0. The molecule has 0 aromatic carbocycles. The van der Waals surface area contributed by atoms with Gasteiger partial charge in [0, 0.05) is 17.9 Å². The third-order valence-electron chi connectivity index (χ3n) is 4.29. The minimum absolute atomic E-state index is 0.189. The van der Waals surface area contributed by atoms with Crippen LogP contribution in [0.4, 0.5) is 0 Å². The van der Waals surface area contributed by atoms with Crippen LogP contribution in [0.3, 0.4) is 0 Å². The van der Waals surface area contributed by atoms with Crippen molar-refractivity contribution in [2.75, 3.05) is 18.1 Å². The summed E-state index contributed by atoms with van der Waals surface area (Å²) in [4.78, 5) is 12.0. The van der Waals surface area contributed by atoms with Crippen molar-refractivity contribution >= 4 is 17.7 Å². The third kappa shape index (κ3) is 3.53. The van der Waals surface area contributed by atoms with E-state index < -0.39 is 0 Å². The SMILES string of the molecule is CCSCCNC(=O)C1=CCC2(CCCCC2)C1. The molecule has 1 spiro atoms. The van der Waals surface area contributed by atoms with Gasteiger partial charge in [-0.25, -0.2) is 0 Å². The number of rotatable bonds is 5. The van der Waals surface area contributed by atoms with E-state index in [9.17, 15) is 4.79 Å². The Bertz CT molecular complexity index is 318. The summed E-state index contributed by atoms with van der Waals surface area (Å²) in [6.07, 6.45) is 11.1. The largest absolute Gasteiger partial charge is 0.351 e. The van der Waals surface area contributed by atoms with Crippen LogP contribution in [0, 0.1) is 5.41 Å². The lowest BCUT2D eigenvalue weighted by atomic mass is 9.72. The number of carbonyl (C=O) groups excluding carboxylic acids is 1. The maximum Gasteiger partial charge on any atom is 0.246 e. The van der Waals surface area contributed by atoms with Crippen LogP contribution in [-0.2, 0) is 4.79 Å². The van der Waals surface area contributed by atoms with Gasteiger partial charge in [-0.05, 0) is 36.9 Å². The van der Waals surface area contributed by atoms with Gasteiger partial charge in [-0.2, -0.15) is 11.8 Å². The maximum atomic E-state index is 12.0. The van der Waals surface area contributed by atoms with Gasteiger partial charge >= 0.3 is 0 Å². The van der Waals surface area contributed by atoms with Crippen LogP contribution >= 0.6 is 11.8 Å². The number of thioether (sulfide) groups is 1. The topological polar surface area (TPSA) is 29.1 Å². The fourth-order valence-electron chi connectivity index (χ4n) is 3.24. The summed E-state index contributed by atoms with van der Waals surface area (Å²) in [6.45, 7) is 2.96. The zero-order valence-electron chi connectivity index (χ0n) is 11.5. The molecule has 2 aliphatic carbocycles. The standard InChI is InChI=1S/C15H25NOS/c1-2-18-11-10-16-14(17)13-6-9-15(12-13)7-4-3-5-8-15/h6H,2-5,7-12H2,1H3,(H,16,17). The number of hydrogen-bond donors (Lipinski definition) is 1. The van der Waals surface area contributed by atoms with E-state index in [0.717, 1.165) is 36.5 Å². The second kappa shape index (κ2) is 6.65. The first-order chi connectivity index (χ1) is 8.76. The lowest BCUT2D eigenvalue weighted by Crippen LogP contribution is -2.28. The van der Waals surface area contributed by atoms with Crippen molar-refractivity contribution in [3.8, 4) is 0 Å². The molecule has 1 fully saturated rings. The molecule has 0 saturated heterocycles. The lowest BCUT2D eigenvalue weighted by Gasteiger charge is -2.33. The highest BCUT2D eigenvalue weighted by Crippen LogP contribution is 2.48. The van der Waals surface area contributed by atoms with Gasteiger partial charge in [0.1, 0.15) is 0 Å². The summed E-state index contributed by atoms with van der Waals surface area (Å²) in [5, 5.41) is 3.05. The zero-order chi connectivity index (χ0) is 12.8. The van der Waals surface area contributed by atoms with E-state index in [1.807, 2.05) is 11.8 Å². The van der Waals surface area contributed by atoms with Crippen LogP contribution in [0.25, 0.3) is 0 Å². The van der Waals surface area contributed by atoms with Crippen LogP contribution in [0.15, 0.2) is 11.6 Å². The van der Waals surface area contributed by atoms with Gasteiger partial charge in [-0.15, -0.1) is 0 Å². The van der Waals surface area contributed by atoms with Crippen LogP contribution in [0.2, 0.25) is 0 Å². The molecule has 0 radical (unpaired) electrons. The molecule has 2 aliphatic rings. The normalized spacial score (nSPS) is 21.9. The minimum atomic E-state index is 0.189. The Balaban J connectivity index is 1.75. The summed E-state index contributed by atoms with van der Waals surface area (Å²) in [5.41, 5.74) is 1.52. The van der Waals surface area contributed by atoms with Crippen molar-refractivity contribution in [2.24, 2.45) is 5.41 Å². The van der Waals surface area contributed by atoms with Crippen molar-refractivity contribution in [3.63, 3.8) is 0 Å². The van der Waals surface area contributed by atoms with Gasteiger partial charge in [-0.3, -0.25) is 4.79 Å². The Labute approximate surface area is 115 Å². The van der Waals surface area contributed by atoms with Gasteiger partial charge in [0.2, 0.25) is 5.91 Å². The Morgan fingerprint density at radius 2 is 2.17 bits per heavy atom. The molecule has 0 aromatic heterocycles. The molecule has 102 valence electrons. The molecule has 2 rings (SSSR count). The van der Waals surface area contributed by atoms with E-state index in [2.05, 4.69) is 18.3 Å². The molecule has 0 heterocycles. The van der Waals surface area contributed by atoms with Crippen LogP contribution < -0.4 is 5.32 Å². The second-order valence-electron chi connectivity index (χ2n) is 5.62. The highest BCUT2D eigenvalue weighted by molar-refractivity contribution is 7.99. The molecule has 0 atom stereocenters. The molecule has 0 aromatic rings. The van der Waals surface area contributed by atoms with Crippen molar-refractivity contribution in [1.29, 1.82) is 0 Å². The van der Waals surface area contributed by atoms with E-state index >= 15 is 0 Å². The van der Waals surface area contributed by atoms with Crippen molar-refractivity contribution in [3.05, 3.63) is 11.6 Å². The number of allylic oxidation sites excluding steroid dienone is 1. The molecule has 2 nitrogen and oxygen atoms in total. The second-order valence-corrected chi connectivity index (χ2v) is 7.02. The average Bonchev–Trinajstić information content (AvgIpc) is 2.79. The summed E-state index contributed by atoms with van der Waals surface area (Å²) in [6, 6.07) is 0. The Kier molecular flexibility index (Phi) is 5.16. The van der Waals surface area contributed by atoms with Crippen molar-refractivity contribution in [1.82, 2.24) is 5.32 Å². The van der Waals surface area contributed by atoms with Crippen molar-refractivity contribution in [2.45, 2.75) is 51.9 Å². The van der Waals surface area contributed by atoms with Crippen LogP contribution in [0.1, 0.15) is 51.9 Å². The number of carbonyl (C=O) groups is 1. The first-order valence-corrected chi connectivity index (χ1v) is 8.46. The van der Waals surface area contributed by atoms with E-state index in [1.165, 1.54) is 32.1 Å². The van der Waals surface area contributed by atoms with Gasteiger partial charge in [0.05, 0.1) is 0 Å². The fourth-order valence-corrected chi connectivity index (χ4v) is 3.77. The molecular formula is C15H25NOS. The predicted octanol–water partition coefficient (Wildman–Crippen LogP) is 3.53. The molecule has 0 aliphatic heterocycles. The molecule has 1 N–H and O–H groups in total. The Morgan fingerprint density at radius 1 is 1.39 bits per heavy atom. The van der Waals surface area contributed by atoms with Gasteiger partial charge in [0.25, 0.3) is 0 Å². The molecule has 1 amide bonds. The predicted molar refractivity (Wildman–Crippen MR) is 78.8 cm³/mol. The quantitative estimate of drug-likeness (QED) is 0.772. The minimum Gasteiger partial charge on any atom is -0.351 e. The summed E-state index contributed by atoms with van der Waals surface area (Å²) >= 11 is 1.88. The first-order valence-electron chi connectivity index (χ1n) is 7.31. The monoisotopic (exact) mass is 267 g/mol. The molecular weight excluding hydrogens is 242 g/mol. The third-order valence-corrected chi connectivity index (χ3v) is 5.19. The van der Waals surface area contributed by atoms with Crippen LogP contribution in [-0.4, -0.2) is 24.0 Å². The lowest BCUT2D eigenvalue weighted by molar-refractivity contribution is -0.117. The van der Waals surface area contributed by atoms with Gasteiger partial charge < -0.3 is 5.32 Å². The smallest absolute Gasteiger partial charge is 0.246 e. The molecule has 0 bridgehead atoms. The summed E-state index contributed by atoms with van der Waals surface area (Å²) in [5.74, 6) is 2.34. The highest BCUT2D eigenvalue weighted by atomic mass is 32.2.